The lowest BCUT2D eigenvalue weighted by Gasteiger charge is -2.53. The SMILES string of the molecule is Cn1c2ncncc2c(=O)n1CC1(O)CCN(C(=O)N2CCN(C(=O)O)C[C@H]2c2ccccc2)CC12CCCC2. The fourth-order valence-electron chi connectivity index (χ4n) is 7.14. The van der Waals surface area contributed by atoms with E-state index in [0.717, 1.165) is 31.2 Å². The van der Waals surface area contributed by atoms with Gasteiger partial charge in [-0.15, -0.1) is 0 Å². The van der Waals surface area contributed by atoms with Crippen molar-refractivity contribution in [2.24, 2.45) is 12.5 Å². The number of aliphatic hydroxyl groups is 1. The number of hydrogen-bond acceptors (Lipinski definition) is 6. The van der Waals surface area contributed by atoms with Gasteiger partial charge in [-0.2, -0.15) is 0 Å². The summed E-state index contributed by atoms with van der Waals surface area (Å²) in [6.07, 6.45) is 5.68. The molecule has 1 unspecified atom stereocenters. The van der Waals surface area contributed by atoms with Gasteiger partial charge in [0.05, 0.1) is 18.2 Å². The first-order valence-electron chi connectivity index (χ1n) is 13.9. The standard InChI is InChI=1S/C28H35N7O5/c1-31-23-21(15-29-19-30-23)24(36)35(31)18-28(40)11-12-33(17-27(28)9-5-6-10-27)25(37)34-14-13-32(26(38)39)16-22(34)20-7-3-2-4-8-20/h2-4,7-8,15,19,22,40H,5-6,9-14,16-18H2,1H3,(H,38,39)/t22-,28?/m0/s1. The van der Waals surface area contributed by atoms with Crippen molar-refractivity contribution in [3.8, 4) is 0 Å². The molecule has 12 heteroatoms. The topological polar surface area (TPSA) is 137 Å². The normalized spacial score (nSPS) is 24.6. The van der Waals surface area contributed by atoms with Crippen LogP contribution in [0.5, 0.6) is 0 Å². The van der Waals surface area contributed by atoms with Crippen LogP contribution >= 0.6 is 0 Å². The molecular weight excluding hydrogens is 514 g/mol. The van der Waals surface area contributed by atoms with E-state index < -0.39 is 23.2 Å². The molecule has 40 heavy (non-hydrogen) atoms. The predicted molar refractivity (Wildman–Crippen MR) is 146 cm³/mol. The molecule has 3 amide bonds. The number of aromatic nitrogens is 4. The minimum absolute atomic E-state index is 0.116. The summed E-state index contributed by atoms with van der Waals surface area (Å²) in [4.78, 5) is 52.3. The molecule has 2 aliphatic heterocycles. The monoisotopic (exact) mass is 549 g/mol. The van der Waals surface area contributed by atoms with Crippen LogP contribution in [0.2, 0.25) is 0 Å². The highest BCUT2D eigenvalue weighted by Crippen LogP contribution is 2.52. The van der Waals surface area contributed by atoms with E-state index in [-0.39, 0.29) is 31.2 Å². The third kappa shape index (κ3) is 4.21. The van der Waals surface area contributed by atoms with Crippen molar-refractivity contribution in [1.82, 2.24) is 34.0 Å². The summed E-state index contributed by atoms with van der Waals surface area (Å²) in [6.45, 7) is 1.61. The number of urea groups is 1. The van der Waals surface area contributed by atoms with Crippen LogP contribution in [0.4, 0.5) is 9.59 Å². The number of fused-ring (bicyclic) bond motifs is 1. The molecule has 2 saturated heterocycles. The summed E-state index contributed by atoms with van der Waals surface area (Å²) >= 11 is 0. The molecule has 3 fully saturated rings. The lowest BCUT2D eigenvalue weighted by Crippen LogP contribution is -2.64. The van der Waals surface area contributed by atoms with Crippen LogP contribution in [0, 0.1) is 5.41 Å². The molecule has 1 spiro atoms. The first kappa shape index (κ1) is 26.3. The molecule has 0 bridgehead atoms. The van der Waals surface area contributed by atoms with E-state index in [0.29, 0.717) is 37.1 Å². The fourth-order valence-corrected chi connectivity index (χ4v) is 7.14. The van der Waals surface area contributed by atoms with Gasteiger partial charge >= 0.3 is 12.1 Å². The van der Waals surface area contributed by atoms with Crippen molar-refractivity contribution in [1.29, 1.82) is 0 Å². The highest BCUT2D eigenvalue weighted by Gasteiger charge is 2.56. The van der Waals surface area contributed by atoms with E-state index in [4.69, 9.17) is 0 Å². The Bertz CT molecular complexity index is 1480. The Morgan fingerprint density at radius 1 is 1.05 bits per heavy atom. The lowest BCUT2D eigenvalue weighted by atomic mass is 9.66. The summed E-state index contributed by atoms with van der Waals surface area (Å²) in [6, 6.07) is 9.01. The number of piperazine rings is 1. The zero-order valence-electron chi connectivity index (χ0n) is 22.6. The van der Waals surface area contributed by atoms with Gasteiger partial charge in [0.25, 0.3) is 5.56 Å². The maximum atomic E-state index is 14.1. The number of carboxylic acid groups (broad SMARTS) is 1. The van der Waals surface area contributed by atoms with Gasteiger partial charge in [0, 0.05) is 51.4 Å². The summed E-state index contributed by atoms with van der Waals surface area (Å²) in [5.41, 5.74) is -0.554. The second-order valence-corrected chi connectivity index (χ2v) is 11.5. The maximum Gasteiger partial charge on any atom is 0.407 e. The quantitative estimate of drug-likeness (QED) is 0.511. The van der Waals surface area contributed by atoms with Crippen molar-refractivity contribution in [2.45, 2.75) is 50.3 Å². The third-order valence-electron chi connectivity index (χ3n) is 9.42. The molecule has 2 atom stereocenters. The number of carbonyl (C=O) groups excluding carboxylic acids is 1. The van der Waals surface area contributed by atoms with E-state index in [1.807, 2.05) is 35.2 Å². The summed E-state index contributed by atoms with van der Waals surface area (Å²) in [5, 5.41) is 22.3. The first-order chi connectivity index (χ1) is 19.2. The highest BCUT2D eigenvalue weighted by atomic mass is 16.4. The average molecular weight is 550 g/mol. The van der Waals surface area contributed by atoms with Gasteiger partial charge in [-0.1, -0.05) is 43.2 Å². The predicted octanol–water partition coefficient (Wildman–Crippen LogP) is 2.28. The second kappa shape index (κ2) is 9.92. The zero-order valence-corrected chi connectivity index (χ0v) is 22.6. The Morgan fingerprint density at radius 2 is 1.80 bits per heavy atom. The Morgan fingerprint density at radius 3 is 2.50 bits per heavy atom. The summed E-state index contributed by atoms with van der Waals surface area (Å²) in [7, 11) is 1.76. The molecule has 212 valence electrons. The maximum absolute atomic E-state index is 14.1. The van der Waals surface area contributed by atoms with Crippen molar-refractivity contribution < 1.29 is 19.8 Å². The van der Waals surface area contributed by atoms with Gasteiger partial charge in [0.15, 0.2) is 5.65 Å². The van der Waals surface area contributed by atoms with E-state index in [1.165, 1.54) is 17.4 Å². The number of nitrogens with zero attached hydrogens (tertiary/aromatic N) is 7. The molecule has 2 aromatic heterocycles. The van der Waals surface area contributed by atoms with E-state index in [9.17, 15) is 24.6 Å². The molecular formula is C28H35N7O5. The zero-order chi connectivity index (χ0) is 28.1. The Labute approximate surface area is 231 Å². The smallest absolute Gasteiger partial charge is 0.407 e. The highest BCUT2D eigenvalue weighted by molar-refractivity contribution is 5.76. The van der Waals surface area contributed by atoms with Crippen LogP contribution in [0.25, 0.3) is 11.0 Å². The van der Waals surface area contributed by atoms with E-state index in [2.05, 4.69) is 9.97 Å². The van der Waals surface area contributed by atoms with Crippen LogP contribution in [-0.4, -0.2) is 94.7 Å². The van der Waals surface area contributed by atoms with Crippen LogP contribution in [0.1, 0.15) is 43.7 Å². The fraction of sp³-hybridized carbons (Fsp3) is 0.536. The third-order valence-corrected chi connectivity index (χ3v) is 9.42. The molecule has 1 aromatic carbocycles. The Kier molecular flexibility index (Phi) is 6.52. The molecule has 1 aliphatic carbocycles. The lowest BCUT2D eigenvalue weighted by molar-refractivity contribution is -0.139. The summed E-state index contributed by atoms with van der Waals surface area (Å²) < 4.78 is 3.23. The van der Waals surface area contributed by atoms with Gasteiger partial charge < -0.3 is 24.9 Å². The number of piperidine rings is 1. The molecule has 3 aromatic rings. The Balaban J connectivity index is 1.28. The van der Waals surface area contributed by atoms with Gasteiger partial charge in [-0.25, -0.2) is 24.2 Å². The number of hydrogen-bond donors (Lipinski definition) is 2. The summed E-state index contributed by atoms with van der Waals surface area (Å²) in [5.74, 6) is 0. The number of rotatable bonds is 3. The van der Waals surface area contributed by atoms with E-state index in [1.54, 1.807) is 21.3 Å². The van der Waals surface area contributed by atoms with Crippen LogP contribution < -0.4 is 5.56 Å². The van der Waals surface area contributed by atoms with Crippen molar-refractivity contribution in [3.05, 3.63) is 58.8 Å². The number of likely N-dealkylation sites (tertiary alicyclic amines) is 1. The minimum atomic E-state index is -1.18. The number of amides is 3. The molecule has 3 aliphatic rings. The van der Waals surface area contributed by atoms with Crippen molar-refractivity contribution in [2.75, 3.05) is 32.7 Å². The van der Waals surface area contributed by atoms with Gasteiger partial charge in [0.1, 0.15) is 11.7 Å². The first-order valence-corrected chi connectivity index (χ1v) is 13.9. The largest absolute Gasteiger partial charge is 0.465 e. The van der Waals surface area contributed by atoms with Gasteiger partial charge in [-0.3, -0.25) is 9.48 Å². The molecule has 1 saturated carbocycles. The van der Waals surface area contributed by atoms with Crippen LogP contribution in [0.15, 0.2) is 47.7 Å². The van der Waals surface area contributed by atoms with Crippen LogP contribution in [-0.2, 0) is 13.6 Å². The average Bonchev–Trinajstić information content (AvgIpc) is 3.54. The molecule has 6 rings (SSSR count). The van der Waals surface area contributed by atoms with Crippen molar-refractivity contribution >= 4 is 23.2 Å². The Hall–Kier alpha value is -3.93. The molecule has 4 heterocycles. The van der Waals surface area contributed by atoms with E-state index >= 15 is 0 Å². The molecule has 0 radical (unpaired) electrons. The van der Waals surface area contributed by atoms with Crippen molar-refractivity contribution in [3.63, 3.8) is 0 Å². The van der Waals surface area contributed by atoms with Gasteiger partial charge in [0.2, 0.25) is 0 Å². The number of benzene rings is 1. The second-order valence-electron chi connectivity index (χ2n) is 11.5. The van der Waals surface area contributed by atoms with Crippen LogP contribution in [0.3, 0.4) is 0 Å². The minimum Gasteiger partial charge on any atom is -0.465 e. The molecule has 2 N–H and O–H groups in total. The molecule has 12 nitrogen and oxygen atoms in total. The number of carbonyl (C=O) groups is 2. The van der Waals surface area contributed by atoms with Gasteiger partial charge in [-0.05, 0) is 24.8 Å². The number of aryl methyl sites for hydroxylation is 1.